The number of alkyl halides is 2. The van der Waals surface area contributed by atoms with Crippen LogP contribution in [0.1, 0.15) is 25.5 Å². The molecule has 0 saturated heterocycles. The van der Waals surface area contributed by atoms with E-state index in [1.807, 2.05) is 0 Å². The SMILES string of the molecule is CC(NC(C)C(F)F)c1c(F)cccc1F. The van der Waals surface area contributed by atoms with Crippen LogP contribution in [0, 0.1) is 11.6 Å². The molecule has 0 spiro atoms. The van der Waals surface area contributed by atoms with Gasteiger partial charge < -0.3 is 5.32 Å². The number of rotatable bonds is 4. The topological polar surface area (TPSA) is 12.0 Å². The monoisotopic (exact) mass is 235 g/mol. The van der Waals surface area contributed by atoms with Gasteiger partial charge in [0.2, 0.25) is 0 Å². The Bertz CT molecular complexity index is 334. The highest BCUT2D eigenvalue weighted by atomic mass is 19.3. The van der Waals surface area contributed by atoms with Crippen molar-refractivity contribution in [3.63, 3.8) is 0 Å². The van der Waals surface area contributed by atoms with Crippen LogP contribution >= 0.6 is 0 Å². The highest BCUT2D eigenvalue weighted by Crippen LogP contribution is 2.21. The average molecular weight is 235 g/mol. The van der Waals surface area contributed by atoms with Crippen LogP contribution in [-0.4, -0.2) is 12.5 Å². The number of halogens is 4. The summed E-state index contributed by atoms with van der Waals surface area (Å²) in [6, 6.07) is 1.52. The van der Waals surface area contributed by atoms with Crippen LogP contribution in [0.4, 0.5) is 17.6 Å². The summed E-state index contributed by atoms with van der Waals surface area (Å²) >= 11 is 0. The van der Waals surface area contributed by atoms with Crippen molar-refractivity contribution < 1.29 is 17.6 Å². The summed E-state index contributed by atoms with van der Waals surface area (Å²) in [5.74, 6) is -1.47. The molecule has 0 aliphatic rings. The molecule has 0 aliphatic heterocycles. The predicted octanol–water partition coefficient (Wildman–Crippen LogP) is 3.27. The van der Waals surface area contributed by atoms with Gasteiger partial charge in [-0.1, -0.05) is 6.07 Å². The molecule has 2 unspecified atom stereocenters. The van der Waals surface area contributed by atoms with Crippen LogP contribution in [0.25, 0.3) is 0 Å². The molecule has 1 N–H and O–H groups in total. The Morgan fingerprint density at radius 1 is 1.06 bits per heavy atom. The zero-order valence-corrected chi connectivity index (χ0v) is 8.98. The quantitative estimate of drug-likeness (QED) is 0.790. The second-order valence-corrected chi connectivity index (χ2v) is 3.65. The molecule has 0 aliphatic carbocycles. The van der Waals surface area contributed by atoms with Crippen molar-refractivity contribution in [2.24, 2.45) is 0 Å². The normalized spacial score (nSPS) is 15.2. The standard InChI is InChI=1S/C11H13F4N/c1-6(16-7(2)11(14)15)10-8(12)4-3-5-9(10)13/h3-7,11,16H,1-2H3. The predicted molar refractivity (Wildman–Crippen MR) is 53.4 cm³/mol. The van der Waals surface area contributed by atoms with E-state index in [1.54, 1.807) is 0 Å². The van der Waals surface area contributed by atoms with Gasteiger partial charge in [0.25, 0.3) is 6.43 Å². The Morgan fingerprint density at radius 2 is 1.56 bits per heavy atom. The molecular weight excluding hydrogens is 222 g/mol. The van der Waals surface area contributed by atoms with Gasteiger partial charge in [0.15, 0.2) is 0 Å². The highest BCUT2D eigenvalue weighted by Gasteiger charge is 2.21. The second-order valence-electron chi connectivity index (χ2n) is 3.65. The van der Waals surface area contributed by atoms with Crippen molar-refractivity contribution in [2.45, 2.75) is 32.4 Å². The molecule has 0 bridgehead atoms. The van der Waals surface area contributed by atoms with E-state index >= 15 is 0 Å². The van der Waals surface area contributed by atoms with E-state index in [4.69, 9.17) is 0 Å². The minimum atomic E-state index is -2.57. The molecule has 2 atom stereocenters. The van der Waals surface area contributed by atoms with Crippen molar-refractivity contribution >= 4 is 0 Å². The van der Waals surface area contributed by atoms with E-state index in [0.29, 0.717) is 0 Å². The lowest BCUT2D eigenvalue weighted by molar-refractivity contribution is 0.100. The third kappa shape index (κ3) is 2.95. The molecule has 0 amide bonds. The van der Waals surface area contributed by atoms with Crippen LogP contribution in [-0.2, 0) is 0 Å². The van der Waals surface area contributed by atoms with Gasteiger partial charge in [-0.25, -0.2) is 17.6 Å². The van der Waals surface area contributed by atoms with Crippen LogP contribution in [0.5, 0.6) is 0 Å². The average Bonchev–Trinajstić information content (AvgIpc) is 2.16. The first-order valence-electron chi connectivity index (χ1n) is 4.91. The van der Waals surface area contributed by atoms with Gasteiger partial charge in [0.1, 0.15) is 11.6 Å². The fraction of sp³-hybridized carbons (Fsp3) is 0.455. The summed E-state index contributed by atoms with van der Waals surface area (Å²) in [6.07, 6.45) is -2.57. The maximum Gasteiger partial charge on any atom is 0.253 e. The smallest absolute Gasteiger partial charge is 0.253 e. The maximum atomic E-state index is 13.3. The molecule has 0 saturated carbocycles. The van der Waals surface area contributed by atoms with E-state index in [2.05, 4.69) is 5.32 Å². The Kier molecular flexibility index (Phi) is 4.29. The number of nitrogens with one attached hydrogen (secondary N) is 1. The molecule has 0 aromatic heterocycles. The van der Waals surface area contributed by atoms with Crippen molar-refractivity contribution in [1.29, 1.82) is 0 Å². The lowest BCUT2D eigenvalue weighted by atomic mass is 10.1. The second kappa shape index (κ2) is 5.30. The van der Waals surface area contributed by atoms with Crippen LogP contribution in [0.15, 0.2) is 18.2 Å². The molecule has 16 heavy (non-hydrogen) atoms. The summed E-state index contributed by atoms with van der Waals surface area (Å²) < 4.78 is 51.1. The molecule has 0 heterocycles. The Hall–Kier alpha value is -1.10. The minimum absolute atomic E-state index is 0.213. The Balaban J connectivity index is 2.84. The Morgan fingerprint density at radius 3 is 2.00 bits per heavy atom. The maximum absolute atomic E-state index is 13.3. The van der Waals surface area contributed by atoms with Gasteiger partial charge in [0.05, 0.1) is 6.04 Å². The minimum Gasteiger partial charge on any atom is -0.302 e. The Labute approximate surface area is 91.5 Å². The van der Waals surface area contributed by atoms with Crippen molar-refractivity contribution in [3.05, 3.63) is 35.4 Å². The van der Waals surface area contributed by atoms with E-state index < -0.39 is 30.1 Å². The van der Waals surface area contributed by atoms with Gasteiger partial charge in [-0.2, -0.15) is 0 Å². The van der Waals surface area contributed by atoms with Gasteiger partial charge in [0, 0.05) is 11.6 Å². The van der Waals surface area contributed by atoms with Crippen molar-refractivity contribution in [2.75, 3.05) is 0 Å². The van der Waals surface area contributed by atoms with E-state index in [9.17, 15) is 17.6 Å². The fourth-order valence-electron chi connectivity index (χ4n) is 1.47. The molecule has 1 rings (SSSR count). The summed E-state index contributed by atoms with van der Waals surface area (Å²) in [5, 5.41) is 2.45. The zero-order valence-electron chi connectivity index (χ0n) is 8.98. The van der Waals surface area contributed by atoms with Crippen molar-refractivity contribution in [1.82, 2.24) is 5.32 Å². The first-order chi connectivity index (χ1) is 7.43. The molecule has 1 nitrogen and oxygen atoms in total. The molecular formula is C11H13F4N. The van der Waals surface area contributed by atoms with Gasteiger partial charge >= 0.3 is 0 Å². The van der Waals surface area contributed by atoms with Crippen LogP contribution in [0.3, 0.4) is 0 Å². The molecule has 0 fully saturated rings. The van der Waals surface area contributed by atoms with E-state index in [1.165, 1.54) is 19.9 Å². The van der Waals surface area contributed by atoms with Gasteiger partial charge in [-0.3, -0.25) is 0 Å². The largest absolute Gasteiger partial charge is 0.302 e. The van der Waals surface area contributed by atoms with Crippen LogP contribution in [0.2, 0.25) is 0 Å². The van der Waals surface area contributed by atoms with Crippen molar-refractivity contribution in [3.8, 4) is 0 Å². The fourth-order valence-corrected chi connectivity index (χ4v) is 1.47. The molecule has 0 radical (unpaired) electrons. The third-order valence-corrected chi connectivity index (χ3v) is 2.32. The molecule has 90 valence electrons. The summed E-state index contributed by atoms with van der Waals surface area (Å²) in [5.41, 5.74) is -0.213. The number of benzene rings is 1. The first kappa shape index (κ1) is 13.0. The number of hydrogen-bond donors (Lipinski definition) is 1. The summed E-state index contributed by atoms with van der Waals surface area (Å²) in [7, 11) is 0. The lowest BCUT2D eigenvalue weighted by Gasteiger charge is -2.20. The number of hydrogen-bond acceptors (Lipinski definition) is 1. The lowest BCUT2D eigenvalue weighted by Crippen LogP contribution is -2.35. The molecule has 1 aromatic carbocycles. The van der Waals surface area contributed by atoms with Gasteiger partial charge in [-0.15, -0.1) is 0 Å². The highest BCUT2D eigenvalue weighted by molar-refractivity contribution is 5.22. The van der Waals surface area contributed by atoms with E-state index in [-0.39, 0.29) is 5.56 Å². The zero-order chi connectivity index (χ0) is 12.3. The first-order valence-corrected chi connectivity index (χ1v) is 4.91. The summed E-state index contributed by atoms with van der Waals surface area (Å²) in [6.45, 7) is 2.71. The summed E-state index contributed by atoms with van der Waals surface area (Å²) in [4.78, 5) is 0. The molecule has 5 heteroatoms. The van der Waals surface area contributed by atoms with E-state index in [0.717, 1.165) is 12.1 Å². The van der Waals surface area contributed by atoms with Crippen LogP contribution < -0.4 is 5.32 Å². The molecule has 1 aromatic rings. The third-order valence-electron chi connectivity index (χ3n) is 2.32. The van der Waals surface area contributed by atoms with Gasteiger partial charge in [-0.05, 0) is 26.0 Å².